The Morgan fingerprint density at radius 3 is 2.53 bits per heavy atom. The van der Waals surface area contributed by atoms with E-state index < -0.39 is 21.8 Å². The average molecular weight is 283 g/mol. The molecule has 0 aliphatic carbocycles. The second-order valence-electron chi connectivity index (χ2n) is 4.64. The Bertz CT molecular complexity index is 541. The number of benzene rings is 1. The van der Waals surface area contributed by atoms with Crippen LogP contribution in [0, 0.1) is 0 Å². The van der Waals surface area contributed by atoms with Gasteiger partial charge in [-0.3, -0.25) is 4.79 Å². The van der Waals surface area contributed by atoms with Gasteiger partial charge in [-0.05, 0) is 12.0 Å². The fraction of sp³-hybridized carbons (Fsp3) is 0.462. The summed E-state index contributed by atoms with van der Waals surface area (Å²) >= 11 is 0. The second-order valence-corrected chi connectivity index (χ2v) is 6.95. The number of nitrogens with zero attached hydrogens (tertiary/aromatic N) is 1. The lowest BCUT2D eigenvalue weighted by atomic mass is 10.1. The first kappa shape index (κ1) is 14.0. The summed E-state index contributed by atoms with van der Waals surface area (Å²) in [5.74, 6) is -0.346. The highest BCUT2D eigenvalue weighted by Crippen LogP contribution is 2.17. The van der Waals surface area contributed by atoms with Gasteiger partial charge in [-0.1, -0.05) is 30.3 Å². The highest BCUT2D eigenvalue weighted by Gasteiger charge is 2.27. The van der Waals surface area contributed by atoms with Crippen molar-refractivity contribution in [3.8, 4) is 0 Å². The van der Waals surface area contributed by atoms with E-state index >= 15 is 0 Å². The molecule has 1 fully saturated rings. The summed E-state index contributed by atoms with van der Waals surface area (Å²) in [5, 5.41) is 10.0. The van der Waals surface area contributed by atoms with E-state index in [0.717, 1.165) is 0 Å². The molecule has 1 saturated heterocycles. The van der Waals surface area contributed by atoms with E-state index in [-0.39, 0.29) is 18.1 Å². The Morgan fingerprint density at radius 2 is 1.84 bits per heavy atom. The summed E-state index contributed by atoms with van der Waals surface area (Å²) < 4.78 is 23.0. The molecule has 1 amide bonds. The molecule has 104 valence electrons. The lowest BCUT2D eigenvalue weighted by molar-refractivity contribution is -0.140. The Labute approximate surface area is 112 Å². The van der Waals surface area contributed by atoms with E-state index in [0.29, 0.717) is 18.5 Å². The zero-order valence-electron chi connectivity index (χ0n) is 10.5. The van der Waals surface area contributed by atoms with Crippen molar-refractivity contribution in [2.75, 3.05) is 24.6 Å². The van der Waals surface area contributed by atoms with Gasteiger partial charge in [0.25, 0.3) is 5.91 Å². The van der Waals surface area contributed by atoms with Crippen LogP contribution in [0.25, 0.3) is 0 Å². The largest absolute Gasteiger partial charge is 0.378 e. The number of carbonyl (C=O) groups excluding carboxylic acids is 1. The van der Waals surface area contributed by atoms with Gasteiger partial charge < -0.3 is 10.0 Å². The minimum Gasteiger partial charge on any atom is -0.378 e. The van der Waals surface area contributed by atoms with Crippen molar-refractivity contribution in [3.63, 3.8) is 0 Å². The number of sulfone groups is 1. The highest BCUT2D eigenvalue weighted by molar-refractivity contribution is 7.91. The van der Waals surface area contributed by atoms with Gasteiger partial charge in [-0.25, -0.2) is 8.42 Å². The van der Waals surface area contributed by atoms with Gasteiger partial charge in [0.15, 0.2) is 15.9 Å². The summed E-state index contributed by atoms with van der Waals surface area (Å²) in [5.41, 5.74) is 0.527. The number of carbonyl (C=O) groups is 1. The maximum atomic E-state index is 12.1. The number of aliphatic hydroxyl groups excluding tert-OH is 1. The van der Waals surface area contributed by atoms with Gasteiger partial charge in [0.1, 0.15) is 0 Å². The van der Waals surface area contributed by atoms with Gasteiger partial charge in [0, 0.05) is 13.1 Å². The van der Waals surface area contributed by atoms with Crippen LogP contribution in [0.1, 0.15) is 18.1 Å². The van der Waals surface area contributed by atoms with Crippen LogP contribution in [0.2, 0.25) is 0 Å². The molecule has 1 aromatic carbocycles. The smallest absolute Gasteiger partial charge is 0.256 e. The van der Waals surface area contributed by atoms with Gasteiger partial charge in [0.05, 0.1) is 11.5 Å². The summed E-state index contributed by atoms with van der Waals surface area (Å²) in [6.45, 7) is 0.535. The molecule has 0 aromatic heterocycles. The number of amides is 1. The molecule has 2 rings (SSSR count). The van der Waals surface area contributed by atoms with E-state index in [1.165, 1.54) is 4.90 Å². The third-order valence-electron chi connectivity index (χ3n) is 3.22. The summed E-state index contributed by atoms with van der Waals surface area (Å²) in [6, 6.07) is 8.66. The highest BCUT2D eigenvalue weighted by atomic mass is 32.2. The molecule has 5 nitrogen and oxygen atoms in total. The summed E-state index contributed by atoms with van der Waals surface area (Å²) in [6.07, 6.45) is -0.794. The fourth-order valence-electron chi connectivity index (χ4n) is 2.11. The third-order valence-corrected chi connectivity index (χ3v) is 4.93. The Balaban J connectivity index is 2.07. The minimum atomic E-state index is -3.05. The lowest BCUT2D eigenvalue weighted by Crippen LogP contribution is -2.37. The molecule has 1 unspecified atom stereocenters. The van der Waals surface area contributed by atoms with Crippen LogP contribution in [0.5, 0.6) is 0 Å². The SMILES string of the molecule is O=C(C(O)c1ccccc1)N1CCCS(=O)(=O)CC1. The van der Waals surface area contributed by atoms with Crippen LogP contribution in [-0.4, -0.2) is 48.9 Å². The molecule has 1 aromatic rings. The van der Waals surface area contributed by atoms with Crippen molar-refractivity contribution in [2.45, 2.75) is 12.5 Å². The molecule has 19 heavy (non-hydrogen) atoms. The Hall–Kier alpha value is -1.40. The van der Waals surface area contributed by atoms with Crippen molar-refractivity contribution in [3.05, 3.63) is 35.9 Å². The number of hydrogen-bond acceptors (Lipinski definition) is 4. The van der Waals surface area contributed by atoms with Crippen molar-refractivity contribution in [1.82, 2.24) is 4.90 Å². The Morgan fingerprint density at radius 1 is 1.16 bits per heavy atom. The molecule has 0 bridgehead atoms. The van der Waals surface area contributed by atoms with Crippen LogP contribution in [0.4, 0.5) is 0 Å². The number of aliphatic hydroxyl groups is 1. The van der Waals surface area contributed by atoms with Gasteiger partial charge in [0.2, 0.25) is 0 Å². The van der Waals surface area contributed by atoms with Gasteiger partial charge >= 0.3 is 0 Å². The van der Waals surface area contributed by atoms with Crippen LogP contribution < -0.4 is 0 Å². The first-order valence-corrected chi connectivity index (χ1v) is 8.04. The lowest BCUT2D eigenvalue weighted by Gasteiger charge is -2.23. The quantitative estimate of drug-likeness (QED) is 0.851. The van der Waals surface area contributed by atoms with E-state index in [1.807, 2.05) is 0 Å². The first-order chi connectivity index (χ1) is 8.99. The number of hydrogen-bond donors (Lipinski definition) is 1. The zero-order chi connectivity index (χ0) is 13.9. The molecule has 1 heterocycles. The fourth-order valence-corrected chi connectivity index (χ4v) is 3.38. The molecule has 0 radical (unpaired) electrons. The first-order valence-electron chi connectivity index (χ1n) is 6.22. The average Bonchev–Trinajstić information content (AvgIpc) is 2.59. The van der Waals surface area contributed by atoms with Gasteiger partial charge in [-0.15, -0.1) is 0 Å². The zero-order valence-corrected chi connectivity index (χ0v) is 11.3. The predicted octanol–water partition coefficient (Wildman–Crippen LogP) is 0.367. The molecule has 1 atom stereocenters. The predicted molar refractivity (Wildman–Crippen MR) is 71.3 cm³/mol. The molecule has 0 saturated carbocycles. The maximum Gasteiger partial charge on any atom is 0.256 e. The van der Waals surface area contributed by atoms with Crippen molar-refractivity contribution in [1.29, 1.82) is 0 Å². The van der Waals surface area contributed by atoms with Crippen molar-refractivity contribution < 1.29 is 18.3 Å². The molecule has 1 N–H and O–H groups in total. The van der Waals surface area contributed by atoms with Crippen LogP contribution in [0.15, 0.2) is 30.3 Å². The van der Waals surface area contributed by atoms with E-state index in [2.05, 4.69) is 0 Å². The minimum absolute atomic E-state index is 0.0275. The number of rotatable bonds is 2. The summed E-state index contributed by atoms with van der Waals surface area (Å²) in [7, 11) is -3.05. The Kier molecular flexibility index (Phi) is 4.21. The third kappa shape index (κ3) is 3.54. The van der Waals surface area contributed by atoms with Crippen molar-refractivity contribution >= 4 is 15.7 Å². The summed E-state index contributed by atoms with van der Waals surface area (Å²) in [4.78, 5) is 13.6. The normalized spacial score (nSPS) is 20.6. The van der Waals surface area contributed by atoms with Crippen LogP contribution in [0.3, 0.4) is 0 Å². The molecular weight excluding hydrogens is 266 g/mol. The van der Waals surface area contributed by atoms with E-state index in [4.69, 9.17) is 0 Å². The monoisotopic (exact) mass is 283 g/mol. The molecule has 6 heteroatoms. The van der Waals surface area contributed by atoms with Crippen LogP contribution >= 0.6 is 0 Å². The second kappa shape index (κ2) is 5.71. The molecule has 1 aliphatic heterocycles. The topological polar surface area (TPSA) is 74.7 Å². The van der Waals surface area contributed by atoms with E-state index in [1.54, 1.807) is 30.3 Å². The van der Waals surface area contributed by atoms with E-state index in [9.17, 15) is 18.3 Å². The molecule has 0 spiro atoms. The van der Waals surface area contributed by atoms with Crippen molar-refractivity contribution in [2.24, 2.45) is 0 Å². The van der Waals surface area contributed by atoms with Crippen LogP contribution in [-0.2, 0) is 14.6 Å². The standard InChI is InChI=1S/C13H17NO4S/c15-12(11-5-2-1-3-6-11)13(16)14-7-4-9-19(17,18)10-8-14/h1-3,5-6,12,15H,4,7-10H2. The molecule has 1 aliphatic rings. The molecular formula is C13H17NO4S. The maximum absolute atomic E-state index is 12.1. The van der Waals surface area contributed by atoms with Gasteiger partial charge in [-0.2, -0.15) is 0 Å².